The van der Waals surface area contributed by atoms with Crippen LogP contribution in [0, 0.1) is 6.92 Å². The van der Waals surface area contributed by atoms with E-state index in [4.69, 9.17) is 11.6 Å². The van der Waals surface area contributed by atoms with Crippen molar-refractivity contribution in [1.29, 1.82) is 0 Å². The van der Waals surface area contributed by atoms with Gasteiger partial charge in [-0.1, -0.05) is 41.4 Å². The zero-order chi connectivity index (χ0) is 14.5. The molecule has 0 bridgehead atoms. The summed E-state index contributed by atoms with van der Waals surface area (Å²) in [6, 6.07) is 15.2. The van der Waals surface area contributed by atoms with Crippen LogP contribution in [0.1, 0.15) is 11.1 Å². The molecule has 0 aliphatic rings. The molecule has 104 valence electrons. The monoisotopic (exact) mass is 306 g/mol. The molecular formula is C16H15ClO2S. The van der Waals surface area contributed by atoms with Crippen LogP contribution in [-0.2, 0) is 11.2 Å². The number of carboxylic acids is 1. The van der Waals surface area contributed by atoms with Crippen LogP contribution in [0.15, 0.2) is 53.4 Å². The highest BCUT2D eigenvalue weighted by molar-refractivity contribution is 8.00. The Hall–Kier alpha value is -1.45. The van der Waals surface area contributed by atoms with Crippen LogP contribution in [0.2, 0.25) is 5.02 Å². The molecule has 4 heteroatoms. The van der Waals surface area contributed by atoms with Crippen LogP contribution in [0.3, 0.4) is 0 Å². The molecule has 0 heterocycles. The maximum Gasteiger partial charge on any atom is 0.317 e. The van der Waals surface area contributed by atoms with Crippen LogP contribution in [0.4, 0.5) is 0 Å². The average Bonchev–Trinajstić information content (AvgIpc) is 2.40. The van der Waals surface area contributed by atoms with Crippen LogP contribution in [0.5, 0.6) is 0 Å². The summed E-state index contributed by atoms with van der Waals surface area (Å²) in [6.45, 7) is 2.01. The first-order valence-electron chi connectivity index (χ1n) is 6.25. The molecule has 1 N–H and O–H groups in total. The molecule has 0 saturated heterocycles. The second-order valence-corrected chi connectivity index (χ2v) is 6.30. The number of carbonyl (C=O) groups is 1. The van der Waals surface area contributed by atoms with Crippen molar-refractivity contribution in [2.24, 2.45) is 0 Å². The number of halogens is 1. The summed E-state index contributed by atoms with van der Waals surface area (Å²) in [5.41, 5.74) is 2.10. The van der Waals surface area contributed by atoms with Crippen LogP contribution >= 0.6 is 23.4 Å². The van der Waals surface area contributed by atoms with Crippen molar-refractivity contribution in [3.05, 3.63) is 64.7 Å². The number of rotatable bonds is 5. The quantitative estimate of drug-likeness (QED) is 0.830. The molecule has 0 radical (unpaired) electrons. The fourth-order valence-electron chi connectivity index (χ4n) is 1.84. The largest absolute Gasteiger partial charge is 0.480 e. The lowest BCUT2D eigenvalue weighted by Crippen LogP contribution is -2.19. The van der Waals surface area contributed by atoms with E-state index in [9.17, 15) is 9.90 Å². The number of hydrogen-bond acceptors (Lipinski definition) is 2. The van der Waals surface area contributed by atoms with Crippen molar-refractivity contribution in [1.82, 2.24) is 0 Å². The fraction of sp³-hybridized carbons (Fsp3) is 0.188. The third-order valence-electron chi connectivity index (χ3n) is 2.88. The zero-order valence-electron chi connectivity index (χ0n) is 11.0. The molecule has 0 aliphatic heterocycles. The van der Waals surface area contributed by atoms with Gasteiger partial charge in [-0.15, -0.1) is 11.8 Å². The van der Waals surface area contributed by atoms with E-state index in [1.54, 1.807) is 6.07 Å². The molecule has 2 rings (SSSR count). The molecule has 0 amide bonds. The van der Waals surface area contributed by atoms with Crippen molar-refractivity contribution >= 4 is 29.3 Å². The molecule has 1 unspecified atom stereocenters. The van der Waals surface area contributed by atoms with Gasteiger partial charge in [-0.2, -0.15) is 0 Å². The molecule has 1 atom stereocenters. The molecule has 2 aromatic rings. The molecular weight excluding hydrogens is 292 g/mol. The lowest BCUT2D eigenvalue weighted by atomic mass is 10.1. The normalized spacial score (nSPS) is 12.1. The van der Waals surface area contributed by atoms with E-state index in [-0.39, 0.29) is 0 Å². The molecule has 0 spiro atoms. The minimum absolute atomic E-state index is 0.453. The third-order valence-corrected chi connectivity index (χ3v) is 4.32. The predicted molar refractivity (Wildman–Crippen MR) is 83.6 cm³/mol. The summed E-state index contributed by atoms with van der Waals surface area (Å²) in [7, 11) is 0. The Morgan fingerprint density at radius 1 is 1.25 bits per heavy atom. The van der Waals surface area contributed by atoms with Gasteiger partial charge < -0.3 is 5.11 Å². The number of thioether (sulfide) groups is 1. The van der Waals surface area contributed by atoms with Crippen LogP contribution in [-0.4, -0.2) is 16.3 Å². The predicted octanol–water partition coefficient (Wildman–Crippen LogP) is 4.44. The SMILES string of the molecule is Cc1ccc(SC(Cc2cccc(Cl)c2)C(=O)O)cc1. The van der Waals surface area contributed by atoms with Gasteiger partial charge >= 0.3 is 5.97 Å². The third kappa shape index (κ3) is 4.29. The van der Waals surface area contributed by atoms with E-state index in [0.29, 0.717) is 11.4 Å². The Morgan fingerprint density at radius 3 is 2.55 bits per heavy atom. The Balaban J connectivity index is 2.11. The molecule has 0 aromatic heterocycles. The highest BCUT2D eigenvalue weighted by Crippen LogP contribution is 2.27. The van der Waals surface area contributed by atoms with Crippen LogP contribution < -0.4 is 0 Å². The highest BCUT2D eigenvalue weighted by Gasteiger charge is 2.19. The van der Waals surface area contributed by atoms with Gasteiger partial charge in [0.15, 0.2) is 0 Å². The van der Waals surface area contributed by atoms with Crippen molar-refractivity contribution in [2.75, 3.05) is 0 Å². The molecule has 0 aliphatic carbocycles. The van der Waals surface area contributed by atoms with Gasteiger partial charge in [0.2, 0.25) is 0 Å². The number of carboxylic acid groups (broad SMARTS) is 1. The van der Waals surface area contributed by atoms with Gasteiger partial charge in [0.05, 0.1) is 0 Å². The molecule has 20 heavy (non-hydrogen) atoms. The number of aryl methyl sites for hydroxylation is 1. The molecule has 0 saturated carbocycles. The van der Waals surface area contributed by atoms with Gasteiger partial charge in [0.25, 0.3) is 0 Å². The number of aliphatic carboxylic acids is 1. The van der Waals surface area contributed by atoms with E-state index in [0.717, 1.165) is 16.0 Å². The first kappa shape index (κ1) is 14.9. The summed E-state index contributed by atoms with van der Waals surface area (Å²) in [5, 5.41) is 9.48. The van der Waals surface area contributed by atoms with Crippen LogP contribution in [0.25, 0.3) is 0 Å². The fourth-order valence-corrected chi connectivity index (χ4v) is 3.05. The minimum Gasteiger partial charge on any atom is -0.480 e. The Bertz CT molecular complexity index is 596. The smallest absolute Gasteiger partial charge is 0.317 e. The second-order valence-electron chi connectivity index (χ2n) is 4.59. The van der Waals surface area contributed by atoms with Gasteiger partial charge in [-0.25, -0.2) is 0 Å². The van der Waals surface area contributed by atoms with Gasteiger partial charge in [-0.3, -0.25) is 4.79 Å². The van der Waals surface area contributed by atoms with Crippen molar-refractivity contribution in [3.8, 4) is 0 Å². The number of benzene rings is 2. The summed E-state index contributed by atoms with van der Waals surface area (Å²) < 4.78 is 0. The Kier molecular flexibility index (Phi) is 5.10. The number of hydrogen-bond donors (Lipinski definition) is 1. The first-order valence-corrected chi connectivity index (χ1v) is 7.51. The molecule has 0 fully saturated rings. The summed E-state index contributed by atoms with van der Waals surface area (Å²) >= 11 is 7.29. The van der Waals surface area contributed by atoms with Crippen molar-refractivity contribution in [2.45, 2.75) is 23.5 Å². The van der Waals surface area contributed by atoms with E-state index in [1.807, 2.05) is 49.4 Å². The lowest BCUT2D eigenvalue weighted by molar-refractivity contribution is -0.136. The Labute approximate surface area is 127 Å². The first-order chi connectivity index (χ1) is 9.54. The molecule has 2 nitrogen and oxygen atoms in total. The second kappa shape index (κ2) is 6.82. The highest BCUT2D eigenvalue weighted by atomic mass is 35.5. The van der Waals surface area contributed by atoms with E-state index in [1.165, 1.54) is 11.8 Å². The average molecular weight is 307 g/mol. The Morgan fingerprint density at radius 2 is 1.95 bits per heavy atom. The van der Waals surface area contributed by atoms with Crippen molar-refractivity contribution < 1.29 is 9.90 Å². The minimum atomic E-state index is -0.810. The van der Waals surface area contributed by atoms with E-state index >= 15 is 0 Å². The topological polar surface area (TPSA) is 37.3 Å². The van der Waals surface area contributed by atoms with Crippen molar-refractivity contribution in [3.63, 3.8) is 0 Å². The summed E-state index contributed by atoms with van der Waals surface area (Å²) in [5.74, 6) is -0.810. The summed E-state index contributed by atoms with van der Waals surface area (Å²) in [6.07, 6.45) is 0.453. The van der Waals surface area contributed by atoms with Gasteiger partial charge in [-0.05, 0) is 43.2 Å². The van der Waals surface area contributed by atoms with Gasteiger partial charge in [0, 0.05) is 9.92 Å². The molecule has 2 aromatic carbocycles. The van der Waals surface area contributed by atoms with Gasteiger partial charge in [0.1, 0.15) is 5.25 Å². The zero-order valence-corrected chi connectivity index (χ0v) is 12.6. The lowest BCUT2D eigenvalue weighted by Gasteiger charge is -2.12. The maximum absolute atomic E-state index is 11.4. The standard InChI is InChI=1S/C16H15ClO2S/c1-11-5-7-14(8-6-11)20-15(16(18)19)10-12-3-2-4-13(17)9-12/h2-9,15H,10H2,1H3,(H,18,19). The summed E-state index contributed by atoms with van der Waals surface area (Å²) in [4.78, 5) is 12.4. The van der Waals surface area contributed by atoms with E-state index in [2.05, 4.69) is 0 Å². The van der Waals surface area contributed by atoms with E-state index < -0.39 is 11.2 Å². The maximum atomic E-state index is 11.4.